The number of fused-ring (bicyclic) bond motifs is 1. The molecule has 1 aromatic carbocycles. The van der Waals surface area contributed by atoms with Crippen LogP contribution in [0.3, 0.4) is 0 Å². The predicted octanol–water partition coefficient (Wildman–Crippen LogP) is 2.38. The van der Waals surface area contributed by atoms with Crippen molar-refractivity contribution in [2.45, 2.75) is 26.3 Å². The van der Waals surface area contributed by atoms with E-state index in [0.717, 1.165) is 23.9 Å². The minimum atomic E-state index is -0.207. The zero-order valence-corrected chi connectivity index (χ0v) is 9.93. The molecule has 0 aliphatic carbocycles. The molecule has 1 aromatic heterocycles. The number of aromatic nitrogens is 2. The van der Waals surface area contributed by atoms with Gasteiger partial charge >= 0.3 is 5.97 Å². The van der Waals surface area contributed by atoms with E-state index in [4.69, 9.17) is 4.74 Å². The second-order valence-corrected chi connectivity index (χ2v) is 3.94. The van der Waals surface area contributed by atoms with Crippen LogP contribution in [0.1, 0.15) is 19.8 Å². The van der Waals surface area contributed by atoms with Crippen LogP contribution in [0.5, 0.6) is 0 Å². The molecule has 0 fully saturated rings. The zero-order valence-electron chi connectivity index (χ0n) is 9.93. The summed E-state index contributed by atoms with van der Waals surface area (Å²) in [6, 6.07) is 7.73. The Balaban J connectivity index is 2.01. The maximum atomic E-state index is 11.6. The monoisotopic (exact) mass is 232 g/mol. The fourth-order valence-electron chi connectivity index (χ4n) is 1.65. The van der Waals surface area contributed by atoms with E-state index < -0.39 is 0 Å². The van der Waals surface area contributed by atoms with E-state index in [0.29, 0.717) is 6.61 Å². The third-order valence-corrected chi connectivity index (χ3v) is 2.59. The highest BCUT2D eigenvalue weighted by atomic mass is 16.5. The number of carbonyl (C=O) groups is 1. The number of nitrogens with zero attached hydrogens (tertiary/aromatic N) is 2. The summed E-state index contributed by atoms with van der Waals surface area (Å²) in [5.74, 6) is -0.207. The first-order chi connectivity index (χ1) is 8.31. The van der Waals surface area contributed by atoms with Gasteiger partial charge in [-0.05, 0) is 18.6 Å². The average molecular weight is 232 g/mol. The molecule has 0 aliphatic heterocycles. The highest BCUT2D eigenvalue weighted by Crippen LogP contribution is 2.11. The molecule has 0 radical (unpaired) electrons. The van der Waals surface area contributed by atoms with Crippen LogP contribution in [0, 0.1) is 0 Å². The minimum Gasteiger partial charge on any atom is -0.464 e. The number of benzene rings is 1. The fraction of sp³-hybridized carbons (Fsp3) is 0.385. The van der Waals surface area contributed by atoms with Gasteiger partial charge in [0, 0.05) is 0 Å². The van der Waals surface area contributed by atoms with Crippen LogP contribution in [-0.4, -0.2) is 22.1 Å². The highest BCUT2D eigenvalue weighted by molar-refractivity contribution is 5.77. The molecule has 0 atom stereocenters. The van der Waals surface area contributed by atoms with Crippen molar-refractivity contribution in [3.63, 3.8) is 0 Å². The largest absolute Gasteiger partial charge is 0.464 e. The first-order valence-electron chi connectivity index (χ1n) is 5.86. The van der Waals surface area contributed by atoms with Gasteiger partial charge in [0.15, 0.2) is 0 Å². The molecular weight excluding hydrogens is 216 g/mol. The van der Waals surface area contributed by atoms with Crippen LogP contribution in [0.15, 0.2) is 30.6 Å². The van der Waals surface area contributed by atoms with E-state index in [1.807, 2.05) is 28.8 Å². The molecule has 4 nitrogen and oxygen atoms in total. The zero-order chi connectivity index (χ0) is 12.1. The quantitative estimate of drug-likeness (QED) is 0.587. The Morgan fingerprint density at radius 1 is 1.41 bits per heavy atom. The Labute approximate surface area is 100 Å². The maximum Gasteiger partial charge on any atom is 0.326 e. The Morgan fingerprint density at radius 3 is 3.06 bits per heavy atom. The molecule has 0 unspecified atom stereocenters. The summed E-state index contributed by atoms with van der Waals surface area (Å²) in [4.78, 5) is 15.8. The number of imidazole rings is 1. The maximum absolute atomic E-state index is 11.6. The van der Waals surface area contributed by atoms with E-state index in [2.05, 4.69) is 11.9 Å². The van der Waals surface area contributed by atoms with Crippen molar-refractivity contribution in [2.75, 3.05) is 6.61 Å². The summed E-state index contributed by atoms with van der Waals surface area (Å²) in [6.45, 7) is 2.80. The lowest BCUT2D eigenvalue weighted by molar-refractivity contribution is -0.144. The summed E-state index contributed by atoms with van der Waals surface area (Å²) < 4.78 is 6.93. The van der Waals surface area contributed by atoms with E-state index >= 15 is 0 Å². The van der Waals surface area contributed by atoms with Crippen LogP contribution in [-0.2, 0) is 16.1 Å². The summed E-state index contributed by atoms with van der Waals surface area (Å²) in [5, 5.41) is 0. The second-order valence-electron chi connectivity index (χ2n) is 3.94. The number of unbranched alkanes of at least 4 members (excludes halogenated alkanes) is 1. The minimum absolute atomic E-state index is 0.207. The Hall–Kier alpha value is -1.84. The van der Waals surface area contributed by atoms with E-state index in [-0.39, 0.29) is 12.5 Å². The molecule has 17 heavy (non-hydrogen) atoms. The molecule has 2 aromatic rings. The van der Waals surface area contributed by atoms with Crippen LogP contribution >= 0.6 is 0 Å². The van der Waals surface area contributed by atoms with Gasteiger partial charge in [-0.1, -0.05) is 25.5 Å². The van der Waals surface area contributed by atoms with Gasteiger partial charge in [0.1, 0.15) is 6.54 Å². The van der Waals surface area contributed by atoms with Crippen LogP contribution in [0.2, 0.25) is 0 Å². The van der Waals surface area contributed by atoms with Crippen molar-refractivity contribution < 1.29 is 9.53 Å². The van der Waals surface area contributed by atoms with Gasteiger partial charge in [0.25, 0.3) is 0 Å². The molecule has 1 heterocycles. The van der Waals surface area contributed by atoms with Crippen molar-refractivity contribution >= 4 is 17.0 Å². The Bertz CT molecular complexity index is 505. The van der Waals surface area contributed by atoms with Crippen molar-refractivity contribution in [1.82, 2.24) is 9.55 Å². The molecule has 0 aliphatic rings. The fourth-order valence-corrected chi connectivity index (χ4v) is 1.65. The smallest absolute Gasteiger partial charge is 0.326 e. The number of para-hydroxylation sites is 2. The number of rotatable bonds is 5. The molecule has 4 heteroatoms. The number of ether oxygens (including phenoxy) is 1. The number of carbonyl (C=O) groups excluding carboxylic acids is 1. The SMILES string of the molecule is CCCCOC(=O)Cn1cnc2ccccc21. The van der Waals surface area contributed by atoms with Gasteiger partial charge in [-0.15, -0.1) is 0 Å². The van der Waals surface area contributed by atoms with Crippen molar-refractivity contribution in [2.24, 2.45) is 0 Å². The van der Waals surface area contributed by atoms with Gasteiger partial charge in [0.2, 0.25) is 0 Å². The standard InChI is InChI=1S/C13H16N2O2/c1-2-3-8-17-13(16)9-15-10-14-11-6-4-5-7-12(11)15/h4-7,10H,2-3,8-9H2,1H3. The van der Waals surface area contributed by atoms with Gasteiger partial charge in [-0.3, -0.25) is 4.79 Å². The molecule has 90 valence electrons. The summed E-state index contributed by atoms with van der Waals surface area (Å²) in [6.07, 6.45) is 3.61. The van der Waals surface area contributed by atoms with Gasteiger partial charge in [-0.2, -0.15) is 0 Å². The molecular formula is C13H16N2O2. The van der Waals surface area contributed by atoms with Gasteiger partial charge in [-0.25, -0.2) is 4.98 Å². The van der Waals surface area contributed by atoms with Crippen molar-refractivity contribution in [3.8, 4) is 0 Å². The lowest BCUT2D eigenvalue weighted by Gasteiger charge is -2.05. The van der Waals surface area contributed by atoms with E-state index in [9.17, 15) is 4.79 Å². The normalized spacial score (nSPS) is 10.6. The van der Waals surface area contributed by atoms with Crippen LogP contribution in [0.25, 0.3) is 11.0 Å². The van der Waals surface area contributed by atoms with E-state index in [1.54, 1.807) is 6.33 Å². The summed E-state index contributed by atoms with van der Waals surface area (Å²) >= 11 is 0. The average Bonchev–Trinajstić information content (AvgIpc) is 2.73. The molecule has 0 saturated heterocycles. The molecule has 0 bridgehead atoms. The Kier molecular flexibility index (Phi) is 3.75. The molecule has 2 rings (SSSR count). The van der Waals surface area contributed by atoms with Gasteiger partial charge < -0.3 is 9.30 Å². The molecule has 0 amide bonds. The van der Waals surface area contributed by atoms with E-state index in [1.165, 1.54) is 0 Å². The lowest BCUT2D eigenvalue weighted by atomic mass is 10.3. The first-order valence-corrected chi connectivity index (χ1v) is 5.86. The topological polar surface area (TPSA) is 44.1 Å². The first kappa shape index (κ1) is 11.6. The highest BCUT2D eigenvalue weighted by Gasteiger charge is 2.07. The number of esters is 1. The van der Waals surface area contributed by atoms with Crippen LogP contribution < -0.4 is 0 Å². The summed E-state index contributed by atoms with van der Waals surface area (Å²) in [7, 11) is 0. The second kappa shape index (κ2) is 5.48. The van der Waals surface area contributed by atoms with Crippen molar-refractivity contribution in [1.29, 1.82) is 0 Å². The third-order valence-electron chi connectivity index (χ3n) is 2.59. The van der Waals surface area contributed by atoms with Crippen molar-refractivity contribution in [3.05, 3.63) is 30.6 Å². The number of hydrogen-bond acceptors (Lipinski definition) is 3. The molecule has 0 spiro atoms. The summed E-state index contributed by atoms with van der Waals surface area (Å²) in [5.41, 5.74) is 1.86. The predicted molar refractivity (Wildman–Crippen MR) is 65.6 cm³/mol. The van der Waals surface area contributed by atoms with Gasteiger partial charge in [0.05, 0.1) is 24.0 Å². The third kappa shape index (κ3) is 2.84. The molecule has 0 saturated carbocycles. The lowest BCUT2D eigenvalue weighted by Crippen LogP contribution is -2.13. The Morgan fingerprint density at radius 2 is 2.24 bits per heavy atom. The van der Waals surface area contributed by atoms with Crippen LogP contribution in [0.4, 0.5) is 0 Å². The number of hydrogen-bond donors (Lipinski definition) is 0. The molecule has 0 N–H and O–H groups in total.